The van der Waals surface area contributed by atoms with Crippen molar-refractivity contribution in [3.8, 4) is 5.88 Å². The topological polar surface area (TPSA) is 75.6 Å². The van der Waals surface area contributed by atoms with Crippen LogP contribution in [0.4, 0.5) is 20.3 Å². The van der Waals surface area contributed by atoms with Crippen molar-refractivity contribution in [2.24, 2.45) is 0 Å². The average Bonchev–Trinajstić information content (AvgIpc) is 3.06. The first-order valence-corrected chi connectivity index (χ1v) is 9.55. The Morgan fingerprint density at radius 3 is 2.61 bits per heavy atom. The molecule has 0 N–H and O–H groups in total. The Labute approximate surface area is 175 Å². The second-order valence-corrected chi connectivity index (χ2v) is 7.35. The number of anilines is 2. The maximum absolute atomic E-state index is 15.3. The monoisotopic (exact) mass is 422 g/mol. The Balaban J connectivity index is 1.68. The van der Waals surface area contributed by atoms with Crippen LogP contribution in [0.2, 0.25) is 0 Å². The summed E-state index contributed by atoms with van der Waals surface area (Å²) in [5, 5.41) is 0. The van der Waals surface area contributed by atoms with E-state index in [0.717, 1.165) is 6.07 Å². The van der Waals surface area contributed by atoms with Crippen molar-refractivity contribution < 1.29 is 23.1 Å². The lowest BCUT2D eigenvalue weighted by molar-refractivity contribution is -0.125. The van der Waals surface area contributed by atoms with Gasteiger partial charge in [0.25, 0.3) is 11.8 Å². The predicted octanol–water partition coefficient (Wildman–Crippen LogP) is 3.25. The molecule has 156 valence electrons. The summed E-state index contributed by atoms with van der Waals surface area (Å²) < 4.78 is 34.2. The van der Waals surface area contributed by atoms with E-state index in [1.54, 1.807) is 31.2 Å². The second kappa shape index (κ2) is 6.83. The quantitative estimate of drug-likeness (QED) is 0.593. The van der Waals surface area contributed by atoms with E-state index >= 15 is 4.39 Å². The summed E-state index contributed by atoms with van der Waals surface area (Å²) in [7, 11) is 1.50. The first-order chi connectivity index (χ1) is 14.9. The number of fused-ring (bicyclic) bond motifs is 2. The summed E-state index contributed by atoms with van der Waals surface area (Å²) in [4.78, 5) is 35.9. The molecule has 2 atom stereocenters. The number of nitrogens with zero attached hydrogens (tertiary/aromatic N) is 4. The van der Waals surface area contributed by atoms with Gasteiger partial charge in [0, 0.05) is 24.9 Å². The number of benzene rings is 1. The van der Waals surface area contributed by atoms with Gasteiger partial charge in [-0.25, -0.2) is 9.37 Å². The van der Waals surface area contributed by atoms with Gasteiger partial charge in [0.1, 0.15) is 5.69 Å². The molecule has 4 heterocycles. The van der Waals surface area contributed by atoms with E-state index < -0.39 is 29.8 Å². The van der Waals surface area contributed by atoms with Crippen molar-refractivity contribution in [2.75, 3.05) is 16.8 Å². The molecule has 0 spiro atoms. The van der Waals surface area contributed by atoms with Gasteiger partial charge in [0.2, 0.25) is 11.8 Å². The van der Waals surface area contributed by atoms with Crippen molar-refractivity contribution in [3.63, 3.8) is 0 Å². The minimum absolute atomic E-state index is 0.0470. The fraction of sp³-hybridized carbons (Fsp3) is 0.182. The number of hydrogen-bond donors (Lipinski definition) is 0. The average molecular weight is 422 g/mol. The van der Waals surface area contributed by atoms with Crippen molar-refractivity contribution in [3.05, 3.63) is 77.1 Å². The number of halogens is 2. The van der Waals surface area contributed by atoms with Crippen molar-refractivity contribution in [1.82, 2.24) is 9.97 Å². The summed E-state index contributed by atoms with van der Waals surface area (Å²) in [6.07, 6.45) is 0.510. The molecule has 2 amide bonds. The number of amides is 2. The Morgan fingerprint density at radius 1 is 1.10 bits per heavy atom. The molecule has 2 aliphatic rings. The zero-order valence-corrected chi connectivity index (χ0v) is 16.5. The molecule has 2 aliphatic heterocycles. The van der Waals surface area contributed by atoms with Crippen LogP contribution in [-0.2, 0) is 4.79 Å². The lowest BCUT2D eigenvalue weighted by atomic mass is 9.99. The van der Waals surface area contributed by atoms with E-state index in [9.17, 15) is 14.0 Å². The number of aromatic nitrogens is 2. The zero-order chi connectivity index (χ0) is 21.9. The highest BCUT2D eigenvalue weighted by molar-refractivity contribution is 6.11. The third-order valence-corrected chi connectivity index (χ3v) is 5.49. The van der Waals surface area contributed by atoms with Gasteiger partial charge in [-0.1, -0.05) is 24.3 Å². The fourth-order valence-electron chi connectivity index (χ4n) is 3.97. The van der Waals surface area contributed by atoms with Gasteiger partial charge in [0.05, 0.1) is 6.04 Å². The number of rotatable bonds is 2. The maximum atomic E-state index is 15.3. The van der Waals surface area contributed by atoms with E-state index in [4.69, 9.17) is 4.74 Å². The van der Waals surface area contributed by atoms with Crippen LogP contribution in [-0.4, -0.2) is 34.9 Å². The number of carbonyl (C=O) groups excluding carboxylic acids is 2. The molecule has 0 bridgehead atoms. The van der Waals surface area contributed by atoms with E-state index in [1.807, 2.05) is 0 Å². The first-order valence-electron chi connectivity index (χ1n) is 9.55. The summed E-state index contributed by atoms with van der Waals surface area (Å²) >= 11 is 0. The highest BCUT2D eigenvalue weighted by Crippen LogP contribution is 2.44. The minimum atomic E-state index is -0.799. The van der Waals surface area contributed by atoms with E-state index in [1.165, 1.54) is 35.2 Å². The number of likely N-dealkylation sites (N-methyl/N-ethyl adjacent to an activating group) is 1. The number of carbonyl (C=O) groups is 2. The lowest BCUT2D eigenvalue weighted by Gasteiger charge is -2.31. The molecule has 0 radical (unpaired) electrons. The van der Waals surface area contributed by atoms with Gasteiger partial charge in [-0.3, -0.25) is 14.5 Å². The molecule has 2 unspecified atom stereocenters. The smallest absolute Gasteiger partial charge is 0.267 e. The molecule has 5 rings (SSSR count). The summed E-state index contributed by atoms with van der Waals surface area (Å²) in [5.74, 6) is -2.44. The van der Waals surface area contributed by atoms with E-state index in [2.05, 4.69) is 9.97 Å². The number of hydrogen-bond acceptors (Lipinski definition) is 5. The third kappa shape index (κ3) is 2.84. The molecular formula is C22H16F2N4O3. The van der Waals surface area contributed by atoms with Crippen LogP contribution in [0.3, 0.4) is 0 Å². The van der Waals surface area contributed by atoms with Gasteiger partial charge in [-0.05, 0) is 30.2 Å². The highest BCUT2D eigenvalue weighted by Gasteiger charge is 2.42. The third-order valence-electron chi connectivity index (χ3n) is 5.49. The lowest BCUT2D eigenvalue weighted by Crippen LogP contribution is -2.42. The fourth-order valence-corrected chi connectivity index (χ4v) is 3.97. The molecule has 0 fully saturated rings. The Morgan fingerprint density at radius 2 is 1.87 bits per heavy atom. The maximum Gasteiger partial charge on any atom is 0.267 e. The molecule has 0 saturated carbocycles. The van der Waals surface area contributed by atoms with E-state index in [-0.39, 0.29) is 23.3 Å². The van der Waals surface area contributed by atoms with Crippen molar-refractivity contribution in [2.45, 2.75) is 19.1 Å². The molecule has 1 aromatic carbocycles. The molecule has 0 aliphatic carbocycles. The molecular weight excluding hydrogens is 406 g/mol. The van der Waals surface area contributed by atoms with Gasteiger partial charge in [-0.15, -0.1) is 0 Å². The minimum Gasteiger partial charge on any atom is -0.463 e. The standard InChI is InChI=1S/C22H16F2N4O3/c1-11-21(29)27(2)16-9-15(23)19(26-20(16)31-11)28-18(12-7-8-17(24)25-10-12)13-5-3-4-6-14(13)22(28)30/h3-11,18H,1-2H3. The Bertz CT molecular complexity index is 1230. The van der Waals surface area contributed by atoms with E-state index in [0.29, 0.717) is 16.7 Å². The molecule has 0 saturated heterocycles. The van der Waals surface area contributed by atoms with Crippen LogP contribution in [0.5, 0.6) is 5.88 Å². The molecule has 7 nitrogen and oxygen atoms in total. The second-order valence-electron chi connectivity index (χ2n) is 7.35. The zero-order valence-electron chi connectivity index (χ0n) is 16.5. The van der Waals surface area contributed by atoms with Gasteiger partial charge in [-0.2, -0.15) is 9.37 Å². The van der Waals surface area contributed by atoms with Gasteiger partial charge < -0.3 is 9.64 Å². The van der Waals surface area contributed by atoms with Crippen LogP contribution in [0.1, 0.15) is 34.5 Å². The predicted molar refractivity (Wildman–Crippen MR) is 107 cm³/mol. The Kier molecular flexibility index (Phi) is 4.21. The van der Waals surface area contributed by atoms with Crippen LogP contribution in [0.25, 0.3) is 0 Å². The van der Waals surface area contributed by atoms with Crippen LogP contribution in [0.15, 0.2) is 48.7 Å². The van der Waals surface area contributed by atoms with Crippen LogP contribution >= 0.6 is 0 Å². The SMILES string of the molecule is CC1Oc2nc(N3C(=O)c4ccccc4C3c3ccc(F)nc3)c(F)cc2N(C)C1=O. The molecule has 3 aromatic rings. The summed E-state index contributed by atoms with van der Waals surface area (Å²) in [6.45, 7) is 1.57. The largest absolute Gasteiger partial charge is 0.463 e. The number of ether oxygens (including phenoxy) is 1. The molecule has 31 heavy (non-hydrogen) atoms. The van der Waals surface area contributed by atoms with Crippen molar-refractivity contribution in [1.29, 1.82) is 0 Å². The highest BCUT2D eigenvalue weighted by atomic mass is 19.1. The molecule has 2 aromatic heterocycles. The van der Waals surface area contributed by atoms with Crippen molar-refractivity contribution >= 4 is 23.3 Å². The van der Waals surface area contributed by atoms with Crippen LogP contribution < -0.4 is 14.5 Å². The Hall–Kier alpha value is -3.88. The van der Waals surface area contributed by atoms with Crippen LogP contribution in [0, 0.1) is 11.8 Å². The summed E-state index contributed by atoms with van der Waals surface area (Å²) in [5.41, 5.74) is 1.69. The van der Waals surface area contributed by atoms with Gasteiger partial charge in [0.15, 0.2) is 17.7 Å². The van der Waals surface area contributed by atoms with Gasteiger partial charge >= 0.3 is 0 Å². The normalized spacial score (nSPS) is 19.9. The summed E-state index contributed by atoms with van der Waals surface area (Å²) in [6, 6.07) is 9.92. The first kappa shape index (κ1) is 19.1. The number of pyridine rings is 2. The molecule has 9 heteroatoms.